The Morgan fingerprint density at radius 2 is 2.00 bits per heavy atom. The molecule has 0 spiro atoms. The molecular formula is C15H26N2O. The highest BCUT2D eigenvalue weighted by molar-refractivity contribution is 5.27. The van der Waals surface area contributed by atoms with Crippen molar-refractivity contribution < 1.29 is 5.11 Å². The van der Waals surface area contributed by atoms with Gasteiger partial charge in [-0.1, -0.05) is 33.1 Å². The van der Waals surface area contributed by atoms with Crippen LogP contribution < -0.4 is 5.32 Å². The summed E-state index contributed by atoms with van der Waals surface area (Å²) in [6.45, 7) is 7.03. The summed E-state index contributed by atoms with van der Waals surface area (Å²) in [4.78, 5) is 4.37. The average molecular weight is 250 g/mol. The fraction of sp³-hybridized carbons (Fsp3) is 0.667. The number of hydrogen-bond acceptors (Lipinski definition) is 3. The van der Waals surface area contributed by atoms with Crippen LogP contribution in [0.2, 0.25) is 0 Å². The minimum absolute atomic E-state index is 0.291. The average Bonchev–Trinajstić information content (AvgIpc) is 2.36. The summed E-state index contributed by atoms with van der Waals surface area (Å²) in [5.74, 6) is 0.291. The first kappa shape index (κ1) is 15.0. The Morgan fingerprint density at radius 3 is 2.67 bits per heavy atom. The maximum atomic E-state index is 9.75. The third-order valence-electron chi connectivity index (χ3n) is 3.19. The van der Waals surface area contributed by atoms with E-state index in [-0.39, 0.29) is 0 Å². The third-order valence-corrected chi connectivity index (χ3v) is 3.19. The molecule has 0 fully saturated rings. The van der Waals surface area contributed by atoms with E-state index in [9.17, 15) is 5.11 Å². The number of rotatable bonds is 8. The molecule has 0 bridgehead atoms. The molecule has 3 nitrogen and oxygen atoms in total. The molecule has 0 aliphatic heterocycles. The summed E-state index contributed by atoms with van der Waals surface area (Å²) in [5, 5.41) is 13.3. The van der Waals surface area contributed by atoms with Crippen molar-refractivity contribution in [1.29, 1.82) is 0 Å². The summed E-state index contributed by atoms with van der Waals surface area (Å²) in [7, 11) is 0. The fourth-order valence-corrected chi connectivity index (χ4v) is 2.12. The van der Waals surface area contributed by atoms with E-state index in [0.29, 0.717) is 18.3 Å². The molecule has 18 heavy (non-hydrogen) atoms. The van der Waals surface area contributed by atoms with E-state index >= 15 is 0 Å². The third kappa shape index (κ3) is 5.05. The van der Waals surface area contributed by atoms with Crippen molar-refractivity contribution in [3.63, 3.8) is 0 Å². The van der Waals surface area contributed by atoms with E-state index in [0.717, 1.165) is 11.4 Å². The van der Waals surface area contributed by atoms with Crippen molar-refractivity contribution >= 4 is 0 Å². The number of hydrogen-bond donors (Lipinski definition) is 2. The maximum absolute atomic E-state index is 9.75. The minimum atomic E-state index is 0.291. The zero-order chi connectivity index (χ0) is 13.4. The molecule has 0 aliphatic rings. The topological polar surface area (TPSA) is 45.2 Å². The van der Waals surface area contributed by atoms with Gasteiger partial charge < -0.3 is 10.4 Å². The first-order chi connectivity index (χ1) is 8.67. The lowest BCUT2D eigenvalue weighted by Crippen LogP contribution is -2.28. The molecule has 0 aliphatic carbocycles. The summed E-state index contributed by atoms with van der Waals surface area (Å²) in [6, 6.07) is 4.09. The second-order valence-corrected chi connectivity index (χ2v) is 4.93. The lowest BCUT2D eigenvalue weighted by Gasteiger charge is -2.18. The summed E-state index contributed by atoms with van der Waals surface area (Å²) in [5.41, 5.74) is 1.71. The van der Waals surface area contributed by atoms with Crippen molar-refractivity contribution in [2.45, 2.75) is 65.5 Å². The molecule has 0 saturated heterocycles. The van der Waals surface area contributed by atoms with Crippen LogP contribution in [-0.4, -0.2) is 16.1 Å². The van der Waals surface area contributed by atoms with Gasteiger partial charge in [-0.3, -0.25) is 4.98 Å². The molecule has 2 N–H and O–H groups in total. The lowest BCUT2D eigenvalue weighted by molar-refractivity contribution is 0.417. The SMILES string of the molecule is CCCCC(CCC)NCc1nc(C)ccc1O. The Labute approximate surface area is 111 Å². The second-order valence-electron chi connectivity index (χ2n) is 4.93. The smallest absolute Gasteiger partial charge is 0.138 e. The number of aryl methyl sites for hydroxylation is 1. The minimum Gasteiger partial charge on any atom is -0.506 e. The van der Waals surface area contributed by atoms with Gasteiger partial charge in [-0.25, -0.2) is 0 Å². The predicted molar refractivity (Wildman–Crippen MR) is 75.7 cm³/mol. The number of nitrogens with one attached hydrogen (secondary N) is 1. The van der Waals surface area contributed by atoms with Gasteiger partial charge in [0.2, 0.25) is 0 Å². The van der Waals surface area contributed by atoms with Crippen molar-refractivity contribution in [2.75, 3.05) is 0 Å². The van der Waals surface area contributed by atoms with Gasteiger partial charge in [-0.05, 0) is 31.9 Å². The van der Waals surface area contributed by atoms with Crippen LogP contribution >= 0.6 is 0 Å². The largest absolute Gasteiger partial charge is 0.506 e. The van der Waals surface area contributed by atoms with Crippen molar-refractivity contribution in [3.05, 3.63) is 23.5 Å². The van der Waals surface area contributed by atoms with Gasteiger partial charge >= 0.3 is 0 Å². The highest BCUT2D eigenvalue weighted by Gasteiger charge is 2.09. The second kappa shape index (κ2) is 8.09. The Hall–Kier alpha value is -1.09. The molecule has 0 radical (unpaired) electrons. The Balaban J connectivity index is 2.52. The molecular weight excluding hydrogens is 224 g/mol. The van der Waals surface area contributed by atoms with Crippen molar-refractivity contribution in [1.82, 2.24) is 10.3 Å². The fourth-order valence-electron chi connectivity index (χ4n) is 2.12. The van der Waals surface area contributed by atoms with Gasteiger partial charge in [-0.2, -0.15) is 0 Å². The summed E-state index contributed by atoms with van der Waals surface area (Å²) in [6.07, 6.45) is 6.07. The van der Waals surface area contributed by atoms with Crippen LogP contribution in [0.3, 0.4) is 0 Å². The number of unbranched alkanes of at least 4 members (excludes halogenated alkanes) is 1. The molecule has 1 heterocycles. The zero-order valence-electron chi connectivity index (χ0n) is 11.9. The van der Waals surface area contributed by atoms with E-state index in [4.69, 9.17) is 0 Å². The lowest BCUT2D eigenvalue weighted by atomic mass is 10.1. The quantitative estimate of drug-likeness (QED) is 0.741. The molecule has 0 saturated carbocycles. The van der Waals surface area contributed by atoms with Crippen LogP contribution in [0.4, 0.5) is 0 Å². The number of aromatic nitrogens is 1. The molecule has 1 unspecified atom stereocenters. The first-order valence-corrected chi connectivity index (χ1v) is 7.06. The van der Waals surface area contributed by atoms with Crippen molar-refractivity contribution in [2.24, 2.45) is 0 Å². The van der Waals surface area contributed by atoms with Gasteiger partial charge in [0.25, 0.3) is 0 Å². The standard InChI is InChI=1S/C15H26N2O/c1-4-6-8-13(7-5-2)16-11-14-15(18)10-9-12(3)17-14/h9-10,13,16,18H,4-8,11H2,1-3H3. The highest BCUT2D eigenvalue weighted by Crippen LogP contribution is 2.15. The molecule has 1 atom stereocenters. The molecule has 102 valence electrons. The van der Waals surface area contributed by atoms with Gasteiger partial charge in [-0.15, -0.1) is 0 Å². The van der Waals surface area contributed by atoms with Crippen LogP contribution in [0.1, 0.15) is 57.3 Å². The summed E-state index contributed by atoms with van der Waals surface area (Å²) < 4.78 is 0. The highest BCUT2D eigenvalue weighted by atomic mass is 16.3. The van der Waals surface area contributed by atoms with E-state index in [2.05, 4.69) is 24.1 Å². The molecule has 0 amide bonds. The van der Waals surface area contributed by atoms with Crippen LogP contribution in [0.25, 0.3) is 0 Å². The van der Waals surface area contributed by atoms with E-state index in [1.54, 1.807) is 6.07 Å². The molecule has 0 aromatic carbocycles. The predicted octanol–water partition coefficient (Wildman–Crippen LogP) is 3.54. The number of aromatic hydroxyl groups is 1. The monoisotopic (exact) mass is 250 g/mol. The Kier molecular flexibility index (Phi) is 6.73. The van der Waals surface area contributed by atoms with E-state index < -0.39 is 0 Å². The Bertz CT molecular complexity index is 352. The molecule has 1 aromatic rings. The van der Waals surface area contributed by atoms with Crippen LogP contribution in [0.15, 0.2) is 12.1 Å². The molecule has 1 rings (SSSR count). The molecule has 3 heteroatoms. The first-order valence-electron chi connectivity index (χ1n) is 7.06. The normalized spacial score (nSPS) is 12.6. The van der Waals surface area contributed by atoms with Crippen LogP contribution in [0.5, 0.6) is 5.75 Å². The van der Waals surface area contributed by atoms with E-state index in [1.807, 2.05) is 13.0 Å². The van der Waals surface area contributed by atoms with Crippen molar-refractivity contribution in [3.8, 4) is 5.75 Å². The molecule has 1 aromatic heterocycles. The van der Waals surface area contributed by atoms with Gasteiger partial charge in [0.1, 0.15) is 5.75 Å². The van der Waals surface area contributed by atoms with Gasteiger partial charge in [0.15, 0.2) is 0 Å². The van der Waals surface area contributed by atoms with Crippen LogP contribution in [-0.2, 0) is 6.54 Å². The van der Waals surface area contributed by atoms with Crippen LogP contribution in [0, 0.1) is 6.92 Å². The number of nitrogens with zero attached hydrogens (tertiary/aromatic N) is 1. The zero-order valence-corrected chi connectivity index (χ0v) is 11.9. The van der Waals surface area contributed by atoms with Gasteiger partial charge in [0, 0.05) is 18.3 Å². The van der Waals surface area contributed by atoms with Gasteiger partial charge in [0.05, 0.1) is 5.69 Å². The maximum Gasteiger partial charge on any atom is 0.138 e. The Morgan fingerprint density at radius 1 is 1.22 bits per heavy atom. The van der Waals surface area contributed by atoms with E-state index in [1.165, 1.54) is 32.1 Å². The number of pyridine rings is 1. The summed E-state index contributed by atoms with van der Waals surface area (Å²) >= 11 is 0.